The first-order chi connectivity index (χ1) is 10.00. The number of carbonyl (C=O) groups excluding carboxylic acids is 1. The Kier molecular flexibility index (Phi) is 6.86. The van der Waals surface area contributed by atoms with Crippen molar-refractivity contribution in [2.45, 2.75) is 24.7 Å². The molecule has 0 aliphatic carbocycles. The van der Waals surface area contributed by atoms with Crippen molar-refractivity contribution in [3.05, 3.63) is 0 Å². The van der Waals surface area contributed by atoms with Crippen LogP contribution in [-0.4, -0.2) is 84.7 Å². The van der Waals surface area contributed by atoms with E-state index >= 15 is 0 Å². The molecule has 0 aromatic heterocycles. The lowest BCUT2D eigenvalue weighted by Gasteiger charge is -2.33. The molecule has 0 rings (SSSR count). The Morgan fingerprint density at radius 2 is 1.41 bits per heavy atom. The number of ether oxygens (including phenoxy) is 1. The summed E-state index contributed by atoms with van der Waals surface area (Å²) in [6, 6.07) is 0. The van der Waals surface area contributed by atoms with Gasteiger partial charge in [0.15, 0.2) is 0 Å². The lowest BCUT2D eigenvalue weighted by atomic mass is 9.75. The number of aliphatic carboxylic acids is 2. The van der Waals surface area contributed by atoms with E-state index < -0.39 is 60.8 Å². The van der Waals surface area contributed by atoms with Gasteiger partial charge in [0.2, 0.25) is 5.41 Å². The van der Waals surface area contributed by atoms with E-state index in [-0.39, 0.29) is 0 Å². The van der Waals surface area contributed by atoms with Crippen LogP contribution in [0.2, 0.25) is 0 Å². The summed E-state index contributed by atoms with van der Waals surface area (Å²) in [4.78, 5) is 43.8. The largest absolute Gasteiger partial charge is 0.513 e. The molecular weight excluding hydrogens is 312 g/mol. The Hall–Kier alpha value is -2.28. The molecule has 0 saturated carbocycles. The van der Waals surface area contributed by atoms with Crippen molar-refractivity contribution in [2.24, 2.45) is 5.41 Å². The molecule has 0 aliphatic heterocycles. The van der Waals surface area contributed by atoms with E-state index in [9.17, 15) is 29.4 Å². The van der Waals surface area contributed by atoms with Gasteiger partial charge in [-0.1, -0.05) is 0 Å². The molecule has 0 saturated heterocycles. The molecule has 3 unspecified atom stereocenters. The molecule has 126 valence electrons. The fourth-order valence-corrected chi connectivity index (χ4v) is 1.57. The number of carboxylic acids is 2. The molecule has 7 N–H and O–H groups in total. The van der Waals surface area contributed by atoms with E-state index in [1.807, 2.05) is 0 Å². The Labute approximate surface area is 121 Å². The van der Waals surface area contributed by atoms with Crippen LogP contribution in [0.1, 0.15) is 6.42 Å². The van der Waals surface area contributed by atoms with Gasteiger partial charge in [-0.15, -0.1) is 0 Å². The summed E-state index contributed by atoms with van der Waals surface area (Å²) < 4.78 is 3.57. The van der Waals surface area contributed by atoms with Gasteiger partial charge in [-0.2, -0.15) is 0 Å². The van der Waals surface area contributed by atoms with E-state index in [2.05, 4.69) is 4.74 Å². The molecule has 0 heterocycles. The minimum Gasteiger partial charge on any atom is -0.480 e. The second-order valence-electron chi connectivity index (χ2n) is 4.18. The van der Waals surface area contributed by atoms with Gasteiger partial charge in [-0.3, -0.25) is 14.4 Å². The lowest BCUT2D eigenvalue weighted by Crippen LogP contribution is -2.58. The van der Waals surface area contributed by atoms with Gasteiger partial charge >= 0.3 is 24.1 Å². The zero-order valence-corrected chi connectivity index (χ0v) is 10.8. The third-order valence-corrected chi connectivity index (χ3v) is 2.80. The lowest BCUT2D eigenvalue weighted by molar-refractivity contribution is -0.190. The molecule has 0 aromatic rings. The number of hydrogen-bond donors (Lipinski definition) is 7. The maximum atomic E-state index is 11.2. The molecule has 0 aliphatic rings. The fourth-order valence-electron chi connectivity index (χ4n) is 1.57. The van der Waals surface area contributed by atoms with Crippen molar-refractivity contribution in [1.29, 1.82) is 0 Å². The van der Waals surface area contributed by atoms with Crippen LogP contribution < -0.4 is 0 Å². The first-order valence-electron chi connectivity index (χ1n) is 5.56. The molecule has 0 radical (unpaired) electrons. The fraction of sp³-hybridized carbons (Fsp3) is 0.600. The van der Waals surface area contributed by atoms with E-state index in [0.717, 1.165) is 0 Å². The van der Waals surface area contributed by atoms with Crippen molar-refractivity contribution in [3.63, 3.8) is 0 Å². The molecule has 12 heteroatoms. The Morgan fingerprint density at radius 3 is 1.73 bits per heavy atom. The number of aliphatic hydroxyl groups excluding tert-OH is 4. The number of rotatable bonds is 8. The highest BCUT2D eigenvalue weighted by Crippen LogP contribution is 2.31. The van der Waals surface area contributed by atoms with Crippen molar-refractivity contribution < 1.29 is 59.7 Å². The van der Waals surface area contributed by atoms with Gasteiger partial charge in [0.05, 0.1) is 13.0 Å². The molecule has 12 nitrogen and oxygen atoms in total. The van der Waals surface area contributed by atoms with Crippen LogP contribution in [0.25, 0.3) is 0 Å². The monoisotopic (exact) mass is 326 g/mol. The quantitative estimate of drug-likeness (QED) is 0.173. The van der Waals surface area contributed by atoms with Gasteiger partial charge in [0, 0.05) is 0 Å². The number of hydrogen-bond acceptors (Lipinski definition) is 9. The van der Waals surface area contributed by atoms with Crippen LogP contribution in [-0.2, 0) is 19.1 Å². The number of esters is 1. The molecule has 0 aromatic carbocycles. The summed E-state index contributed by atoms with van der Waals surface area (Å²) in [5.41, 5.74) is -3.40. The minimum atomic E-state index is -3.40. The summed E-state index contributed by atoms with van der Waals surface area (Å²) in [5.74, 6) is -6.40. The molecule has 22 heavy (non-hydrogen) atoms. The van der Waals surface area contributed by atoms with Crippen LogP contribution in [0.15, 0.2) is 0 Å². The topological polar surface area (TPSA) is 219 Å². The average Bonchev–Trinajstić information content (AvgIpc) is 2.40. The smallest absolute Gasteiger partial charge is 0.480 e. The predicted octanol–water partition coefficient (Wildman–Crippen LogP) is -3.17. The van der Waals surface area contributed by atoms with E-state index in [1.54, 1.807) is 0 Å². The molecular formula is C10H14O12. The summed E-state index contributed by atoms with van der Waals surface area (Å²) in [6.45, 7) is -1.15. The van der Waals surface area contributed by atoms with Crippen molar-refractivity contribution in [3.8, 4) is 0 Å². The Bertz CT molecular complexity index is 443. The van der Waals surface area contributed by atoms with Gasteiger partial charge < -0.3 is 40.5 Å². The van der Waals surface area contributed by atoms with Gasteiger partial charge in [0.1, 0.15) is 18.3 Å². The van der Waals surface area contributed by atoms with Crippen molar-refractivity contribution in [1.82, 2.24) is 0 Å². The van der Waals surface area contributed by atoms with E-state index in [4.69, 9.17) is 25.5 Å². The average molecular weight is 326 g/mol. The van der Waals surface area contributed by atoms with Crippen LogP contribution >= 0.6 is 0 Å². The van der Waals surface area contributed by atoms with Gasteiger partial charge in [0.25, 0.3) is 0 Å². The molecule has 0 spiro atoms. The molecule has 0 fully saturated rings. The highest BCUT2D eigenvalue weighted by Gasteiger charge is 2.58. The third kappa shape index (κ3) is 4.11. The van der Waals surface area contributed by atoms with Gasteiger partial charge in [-0.05, 0) is 0 Å². The van der Waals surface area contributed by atoms with Crippen LogP contribution in [0, 0.1) is 5.41 Å². The number of carboxylic acid groups (broad SMARTS) is 3. The van der Waals surface area contributed by atoms with E-state index in [1.165, 1.54) is 0 Å². The summed E-state index contributed by atoms with van der Waals surface area (Å²) >= 11 is 0. The third-order valence-electron chi connectivity index (χ3n) is 2.80. The number of carbonyl (C=O) groups is 4. The van der Waals surface area contributed by atoms with E-state index in [0.29, 0.717) is 0 Å². The Morgan fingerprint density at radius 1 is 0.955 bits per heavy atom. The second-order valence-corrected chi connectivity index (χ2v) is 4.18. The maximum Gasteiger partial charge on any atom is 0.513 e. The molecule has 3 atom stereocenters. The van der Waals surface area contributed by atoms with Crippen LogP contribution in [0.4, 0.5) is 4.79 Å². The predicted molar refractivity (Wildman–Crippen MR) is 61.5 cm³/mol. The zero-order chi connectivity index (χ0) is 17.7. The molecule has 0 bridgehead atoms. The standard InChI is InChI=1S/C10H14O12/c11-2-3(12)5(14)6(15)10(7(16)17,8(18)19)1-4(13)22-9(20)21/h3,5-6,11-12,14-15H,1-2H2,(H,16,17)(H,18,19)(H,20,21). The van der Waals surface area contributed by atoms with Gasteiger partial charge in [-0.25, -0.2) is 4.79 Å². The normalized spacial score (nSPS) is 15.5. The van der Waals surface area contributed by atoms with Crippen molar-refractivity contribution >= 4 is 24.1 Å². The van der Waals surface area contributed by atoms with Crippen LogP contribution in [0.5, 0.6) is 0 Å². The summed E-state index contributed by atoms with van der Waals surface area (Å²) in [5, 5.41) is 63.1. The first kappa shape index (κ1) is 19.7. The number of aliphatic hydroxyl groups is 4. The zero-order valence-electron chi connectivity index (χ0n) is 10.8. The first-order valence-corrected chi connectivity index (χ1v) is 5.56. The minimum absolute atomic E-state index is 1.15. The maximum absolute atomic E-state index is 11.2. The highest BCUT2D eigenvalue weighted by atomic mass is 16.7. The summed E-state index contributed by atoms with van der Waals surface area (Å²) in [6.07, 6.45) is -11.1. The van der Waals surface area contributed by atoms with Crippen LogP contribution in [0.3, 0.4) is 0 Å². The van der Waals surface area contributed by atoms with Crippen molar-refractivity contribution in [2.75, 3.05) is 6.61 Å². The SMILES string of the molecule is O=C(O)OC(=O)CC(C(=O)O)(C(=O)O)C(O)C(O)C(O)CO. The summed E-state index contributed by atoms with van der Waals surface area (Å²) in [7, 11) is 0. The highest BCUT2D eigenvalue weighted by molar-refractivity contribution is 6.03. The molecule has 0 amide bonds. The Balaban J connectivity index is 5.70. The second kappa shape index (κ2) is 7.65.